The first-order chi connectivity index (χ1) is 13.4. The highest BCUT2D eigenvalue weighted by molar-refractivity contribution is 5.98. The predicted molar refractivity (Wildman–Crippen MR) is 104 cm³/mol. The maximum Gasteiger partial charge on any atom is 0.338 e. The number of carbonyl (C=O) groups is 3. The molecular formula is C21H23FN2O4. The first-order valence-electron chi connectivity index (χ1n) is 8.97. The Morgan fingerprint density at radius 3 is 2.25 bits per heavy atom. The zero-order valence-corrected chi connectivity index (χ0v) is 15.9. The van der Waals surface area contributed by atoms with Crippen LogP contribution in [0.1, 0.15) is 29.8 Å². The largest absolute Gasteiger partial charge is 0.462 e. The summed E-state index contributed by atoms with van der Waals surface area (Å²) >= 11 is 0. The Kier molecular flexibility index (Phi) is 7.68. The van der Waals surface area contributed by atoms with E-state index in [0.717, 1.165) is 5.56 Å². The summed E-state index contributed by atoms with van der Waals surface area (Å²) in [5.74, 6) is -1.36. The highest BCUT2D eigenvalue weighted by Crippen LogP contribution is 2.16. The van der Waals surface area contributed by atoms with Crippen molar-refractivity contribution in [3.63, 3.8) is 0 Å². The van der Waals surface area contributed by atoms with Crippen molar-refractivity contribution in [1.29, 1.82) is 0 Å². The molecule has 0 aliphatic heterocycles. The van der Waals surface area contributed by atoms with Crippen molar-refractivity contribution >= 4 is 23.5 Å². The van der Waals surface area contributed by atoms with Gasteiger partial charge in [0.05, 0.1) is 12.2 Å². The number of nitrogens with one attached hydrogen (secondary N) is 1. The van der Waals surface area contributed by atoms with Gasteiger partial charge in [-0.2, -0.15) is 0 Å². The first kappa shape index (κ1) is 21.1. The smallest absolute Gasteiger partial charge is 0.338 e. The molecule has 0 spiro atoms. The van der Waals surface area contributed by atoms with Crippen LogP contribution < -0.4 is 10.2 Å². The second kappa shape index (κ2) is 10.2. The van der Waals surface area contributed by atoms with E-state index in [2.05, 4.69) is 5.32 Å². The number of rotatable bonds is 8. The van der Waals surface area contributed by atoms with Gasteiger partial charge in [-0.15, -0.1) is 0 Å². The Morgan fingerprint density at radius 1 is 1.04 bits per heavy atom. The molecule has 148 valence electrons. The Hall–Kier alpha value is -3.22. The minimum Gasteiger partial charge on any atom is -0.462 e. The van der Waals surface area contributed by atoms with E-state index in [-0.39, 0.29) is 30.8 Å². The van der Waals surface area contributed by atoms with Crippen LogP contribution in [-0.2, 0) is 20.7 Å². The van der Waals surface area contributed by atoms with E-state index < -0.39 is 5.97 Å². The van der Waals surface area contributed by atoms with Gasteiger partial charge >= 0.3 is 5.97 Å². The topological polar surface area (TPSA) is 75.7 Å². The van der Waals surface area contributed by atoms with Crippen LogP contribution in [0.15, 0.2) is 48.5 Å². The van der Waals surface area contributed by atoms with Crippen LogP contribution in [0.5, 0.6) is 0 Å². The lowest BCUT2D eigenvalue weighted by molar-refractivity contribution is -0.123. The third-order valence-corrected chi connectivity index (χ3v) is 4.02. The van der Waals surface area contributed by atoms with Crippen molar-refractivity contribution in [2.75, 3.05) is 24.6 Å². The molecule has 0 aliphatic rings. The quantitative estimate of drug-likeness (QED) is 0.708. The summed E-state index contributed by atoms with van der Waals surface area (Å²) in [4.78, 5) is 37.2. The summed E-state index contributed by atoms with van der Waals surface area (Å²) in [7, 11) is 0. The van der Waals surface area contributed by atoms with Crippen molar-refractivity contribution in [1.82, 2.24) is 5.32 Å². The fourth-order valence-electron chi connectivity index (χ4n) is 2.57. The summed E-state index contributed by atoms with van der Waals surface area (Å²) in [6, 6.07) is 12.4. The molecule has 0 unspecified atom stereocenters. The number of hydrogen-bond acceptors (Lipinski definition) is 4. The van der Waals surface area contributed by atoms with Crippen LogP contribution in [0.25, 0.3) is 0 Å². The van der Waals surface area contributed by atoms with E-state index in [1.165, 1.54) is 24.0 Å². The van der Waals surface area contributed by atoms with Gasteiger partial charge in [0, 0.05) is 19.2 Å². The lowest BCUT2D eigenvalue weighted by Crippen LogP contribution is -2.40. The molecule has 0 aliphatic carbocycles. The molecule has 0 saturated carbocycles. The molecule has 28 heavy (non-hydrogen) atoms. The fraction of sp³-hybridized carbons (Fsp3) is 0.286. The van der Waals surface area contributed by atoms with Crippen molar-refractivity contribution in [3.05, 3.63) is 65.5 Å². The van der Waals surface area contributed by atoms with E-state index in [1.807, 2.05) is 0 Å². The van der Waals surface area contributed by atoms with E-state index >= 15 is 0 Å². The van der Waals surface area contributed by atoms with Crippen molar-refractivity contribution in [3.8, 4) is 0 Å². The first-order valence-corrected chi connectivity index (χ1v) is 8.97. The van der Waals surface area contributed by atoms with Crippen LogP contribution >= 0.6 is 0 Å². The lowest BCUT2D eigenvalue weighted by Gasteiger charge is -2.21. The number of ether oxygens (including phenoxy) is 1. The Bertz CT molecular complexity index is 819. The second-order valence-electron chi connectivity index (χ2n) is 6.10. The molecule has 7 heteroatoms. The molecule has 1 N–H and O–H groups in total. The van der Waals surface area contributed by atoms with Gasteiger partial charge in [0.25, 0.3) is 0 Å². The van der Waals surface area contributed by atoms with E-state index in [0.29, 0.717) is 24.2 Å². The number of nitrogens with zero attached hydrogens (tertiary/aromatic N) is 1. The Labute approximate surface area is 163 Å². The Morgan fingerprint density at radius 2 is 1.68 bits per heavy atom. The molecule has 2 rings (SSSR count). The van der Waals surface area contributed by atoms with Gasteiger partial charge < -0.3 is 15.0 Å². The van der Waals surface area contributed by atoms with E-state index in [1.54, 1.807) is 43.3 Å². The number of carbonyl (C=O) groups excluding carboxylic acids is 3. The summed E-state index contributed by atoms with van der Waals surface area (Å²) in [5, 5.41) is 2.75. The molecule has 0 radical (unpaired) electrons. The maximum atomic E-state index is 12.9. The van der Waals surface area contributed by atoms with Crippen LogP contribution in [0.3, 0.4) is 0 Å². The summed E-state index contributed by atoms with van der Waals surface area (Å²) in [5.41, 5.74) is 1.78. The minimum absolute atomic E-state index is 0.141. The summed E-state index contributed by atoms with van der Waals surface area (Å²) < 4.78 is 17.8. The SMILES string of the molecule is CCOC(=O)c1ccc(N(CC(=O)NCCc2ccc(F)cc2)C(C)=O)cc1. The number of hydrogen-bond donors (Lipinski definition) is 1. The fourth-order valence-corrected chi connectivity index (χ4v) is 2.57. The van der Waals surface area contributed by atoms with E-state index in [4.69, 9.17) is 4.74 Å². The van der Waals surface area contributed by atoms with E-state index in [9.17, 15) is 18.8 Å². The normalized spacial score (nSPS) is 10.2. The summed E-state index contributed by atoms with van der Waals surface area (Å²) in [6.07, 6.45) is 0.556. The molecule has 0 heterocycles. The average Bonchev–Trinajstić information content (AvgIpc) is 2.68. The highest BCUT2D eigenvalue weighted by atomic mass is 19.1. The van der Waals surface area contributed by atoms with Crippen molar-refractivity contribution in [2.24, 2.45) is 0 Å². The number of amides is 2. The average molecular weight is 386 g/mol. The van der Waals surface area contributed by atoms with Gasteiger partial charge in [-0.3, -0.25) is 9.59 Å². The molecule has 0 aromatic heterocycles. The van der Waals surface area contributed by atoms with Crippen LogP contribution in [0.2, 0.25) is 0 Å². The van der Waals surface area contributed by atoms with Gasteiger partial charge in [0.1, 0.15) is 12.4 Å². The van der Waals surface area contributed by atoms with Crippen LogP contribution in [0.4, 0.5) is 10.1 Å². The molecule has 0 atom stereocenters. The molecule has 2 aromatic rings. The third-order valence-electron chi connectivity index (χ3n) is 4.02. The zero-order valence-electron chi connectivity index (χ0n) is 15.9. The minimum atomic E-state index is -0.443. The molecule has 2 aromatic carbocycles. The van der Waals surface area contributed by atoms with Crippen LogP contribution in [-0.4, -0.2) is 37.5 Å². The number of esters is 1. The second-order valence-corrected chi connectivity index (χ2v) is 6.10. The summed E-state index contributed by atoms with van der Waals surface area (Å²) in [6.45, 7) is 3.59. The molecule has 2 amide bonds. The van der Waals surface area contributed by atoms with Crippen LogP contribution in [0, 0.1) is 5.82 Å². The number of anilines is 1. The van der Waals surface area contributed by atoms with Gasteiger partial charge in [0.15, 0.2) is 0 Å². The number of benzene rings is 2. The standard InChI is InChI=1S/C21H23FN2O4/c1-3-28-21(27)17-6-10-19(11-7-17)24(15(2)25)14-20(26)23-13-12-16-4-8-18(22)9-5-16/h4-11H,3,12-14H2,1-2H3,(H,23,26). The molecule has 0 bridgehead atoms. The molecule has 0 fully saturated rings. The molecule has 0 saturated heterocycles. The maximum absolute atomic E-state index is 12.9. The predicted octanol–water partition coefficient (Wildman–Crippen LogP) is 2.71. The number of halogens is 1. The highest BCUT2D eigenvalue weighted by Gasteiger charge is 2.16. The van der Waals surface area contributed by atoms with Gasteiger partial charge in [0.2, 0.25) is 11.8 Å². The van der Waals surface area contributed by atoms with Gasteiger partial charge in [-0.1, -0.05) is 12.1 Å². The molecular weight excluding hydrogens is 363 g/mol. The van der Waals surface area contributed by atoms with Gasteiger partial charge in [-0.05, 0) is 55.3 Å². The third kappa shape index (κ3) is 6.19. The van der Waals surface area contributed by atoms with Crippen molar-refractivity contribution in [2.45, 2.75) is 20.3 Å². The Balaban J connectivity index is 1.92. The monoisotopic (exact) mass is 386 g/mol. The lowest BCUT2D eigenvalue weighted by atomic mass is 10.1. The molecule has 6 nitrogen and oxygen atoms in total. The van der Waals surface area contributed by atoms with Gasteiger partial charge in [-0.25, -0.2) is 9.18 Å². The van der Waals surface area contributed by atoms with Crippen molar-refractivity contribution < 1.29 is 23.5 Å². The zero-order chi connectivity index (χ0) is 20.5.